The Kier molecular flexibility index (Phi) is 3.95. The molecule has 1 fully saturated rings. The molecule has 0 spiro atoms. The molecule has 0 radical (unpaired) electrons. The molecule has 1 aromatic rings. The molecule has 5 nitrogen and oxygen atoms in total. The largest absolute Gasteiger partial charge is 0.508 e. The Morgan fingerprint density at radius 1 is 1.32 bits per heavy atom. The first-order valence-corrected chi connectivity index (χ1v) is 6.55. The van der Waals surface area contributed by atoms with E-state index in [4.69, 9.17) is 5.73 Å². The highest BCUT2D eigenvalue weighted by atomic mass is 16.3. The first-order chi connectivity index (χ1) is 9.01. The molecule has 1 aromatic carbocycles. The Bertz CT molecular complexity index is 456. The molecule has 19 heavy (non-hydrogen) atoms. The molecule has 1 saturated heterocycles. The third-order valence-corrected chi connectivity index (χ3v) is 3.72. The lowest BCUT2D eigenvalue weighted by atomic mass is 9.93. The molecule has 1 aliphatic heterocycles. The predicted octanol–water partition coefficient (Wildman–Crippen LogP) is 1.30. The average molecular weight is 264 g/mol. The van der Waals surface area contributed by atoms with Crippen molar-refractivity contribution < 1.29 is 15.0 Å². The number of phenols is 2. The fraction of sp³-hybridized carbons (Fsp3) is 0.500. The Morgan fingerprint density at radius 2 is 1.95 bits per heavy atom. The van der Waals surface area contributed by atoms with Gasteiger partial charge in [-0.3, -0.25) is 4.79 Å². The Balaban J connectivity index is 2.21. The third kappa shape index (κ3) is 2.98. The van der Waals surface area contributed by atoms with Gasteiger partial charge in [0.05, 0.1) is 0 Å². The number of aromatic hydroxyl groups is 2. The number of amides is 1. The maximum atomic E-state index is 12.4. The minimum absolute atomic E-state index is 0.108. The lowest BCUT2D eigenvalue weighted by Gasteiger charge is -2.37. The summed E-state index contributed by atoms with van der Waals surface area (Å²) in [7, 11) is 0. The van der Waals surface area contributed by atoms with Gasteiger partial charge >= 0.3 is 0 Å². The van der Waals surface area contributed by atoms with Gasteiger partial charge in [0, 0.05) is 24.2 Å². The average Bonchev–Trinajstić information content (AvgIpc) is 2.37. The zero-order valence-electron chi connectivity index (χ0n) is 11.0. The maximum absolute atomic E-state index is 12.4. The summed E-state index contributed by atoms with van der Waals surface area (Å²) in [5.41, 5.74) is 5.99. The van der Waals surface area contributed by atoms with Gasteiger partial charge in [0.1, 0.15) is 11.5 Å². The van der Waals surface area contributed by atoms with Crippen LogP contribution in [0, 0.1) is 5.92 Å². The minimum atomic E-state index is -0.170. The van der Waals surface area contributed by atoms with Gasteiger partial charge in [0.25, 0.3) is 5.91 Å². The van der Waals surface area contributed by atoms with Gasteiger partial charge < -0.3 is 20.8 Å². The SMILES string of the molecule is CC1CCC(CN)CN1C(=O)c1cc(O)cc(O)c1. The number of piperidine rings is 1. The number of phenolic OH excluding ortho intramolecular Hbond substituents is 2. The van der Waals surface area contributed by atoms with E-state index in [2.05, 4.69) is 0 Å². The van der Waals surface area contributed by atoms with Crippen molar-refractivity contribution in [3.63, 3.8) is 0 Å². The summed E-state index contributed by atoms with van der Waals surface area (Å²) in [5, 5.41) is 18.9. The van der Waals surface area contributed by atoms with Crippen molar-refractivity contribution in [2.45, 2.75) is 25.8 Å². The summed E-state index contributed by atoms with van der Waals surface area (Å²) >= 11 is 0. The molecule has 2 rings (SSSR count). The number of rotatable bonds is 2. The van der Waals surface area contributed by atoms with Gasteiger partial charge in [-0.2, -0.15) is 0 Å². The Labute approximate surface area is 112 Å². The van der Waals surface area contributed by atoms with E-state index in [-0.39, 0.29) is 23.4 Å². The molecule has 1 aliphatic rings. The number of benzene rings is 1. The standard InChI is InChI=1S/C14H20N2O3/c1-9-2-3-10(7-15)8-16(9)14(19)11-4-12(17)6-13(18)5-11/h4-6,9-10,17-18H,2-3,7-8,15H2,1H3. The lowest BCUT2D eigenvalue weighted by Crippen LogP contribution is -2.47. The summed E-state index contributed by atoms with van der Waals surface area (Å²) < 4.78 is 0. The zero-order chi connectivity index (χ0) is 14.0. The van der Waals surface area contributed by atoms with Crippen LogP contribution in [0.5, 0.6) is 11.5 Å². The second kappa shape index (κ2) is 5.48. The molecule has 1 heterocycles. The van der Waals surface area contributed by atoms with Gasteiger partial charge in [0.2, 0.25) is 0 Å². The van der Waals surface area contributed by atoms with E-state index in [0.717, 1.165) is 12.8 Å². The molecule has 2 atom stereocenters. The van der Waals surface area contributed by atoms with Gasteiger partial charge in [-0.1, -0.05) is 0 Å². The van der Waals surface area contributed by atoms with Crippen LogP contribution in [0.1, 0.15) is 30.1 Å². The predicted molar refractivity (Wildman–Crippen MR) is 72.0 cm³/mol. The highest BCUT2D eigenvalue weighted by Gasteiger charge is 2.29. The van der Waals surface area contributed by atoms with Crippen LogP contribution in [-0.2, 0) is 0 Å². The van der Waals surface area contributed by atoms with Crippen LogP contribution in [0.3, 0.4) is 0 Å². The fourth-order valence-corrected chi connectivity index (χ4v) is 2.54. The summed E-state index contributed by atoms with van der Waals surface area (Å²) in [5.74, 6) is -0.0605. The second-order valence-corrected chi connectivity index (χ2v) is 5.22. The smallest absolute Gasteiger partial charge is 0.254 e. The van der Waals surface area contributed by atoms with Crippen LogP contribution in [-0.4, -0.2) is 40.2 Å². The number of nitrogens with two attached hydrogens (primary N) is 1. The van der Waals surface area contributed by atoms with Crippen molar-refractivity contribution in [1.82, 2.24) is 4.90 Å². The molecule has 0 aliphatic carbocycles. The summed E-state index contributed by atoms with van der Waals surface area (Å²) in [6.45, 7) is 3.21. The van der Waals surface area contributed by atoms with Crippen LogP contribution in [0.15, 0.2) is 18.2 Å². The molecule has 1 amide bonds. The van der Waals surface area contributed by atoms with Crippen molar-refractivity contribution in [3.8, 4) is 11.5 Å². The number of hydrogen-bond acceptors (Lipinski definition) is 4. The summed E-state index contributed by atoms with van der Waals surface area (Å²) in [6.07, 6.45) is 1.96. The van der Waals surface area contributed by atoms with E-state index in [9.17, 15) is 15.0 Å². The molecule has 5 heteroatoms. The lowest BCUT2D eigenvalue weighted by molar-refractivity contribution is 0.0566. The molecular weight excluding hydrogens is 244 g/mol. The molecule has 104 valence electrons. The van der Waals surface area contributed by atoms with Crippen LogP contribution >= 0.6 is 0 Å². The minimum Gasteiger partial charge on any atom is -0.508 e. The van der Waals surface area contributed by atoms with E-state index in [1.807, 2.05) is 6.92 Å². The number of hydrogen-bond donors (Lipinski definition) is 3. The van der Waals surface area contributed by atoms with Crippen molar-refractivity contribution in [2.75, 3.05) is 13.1 Å². The zero-order valence-corrected chi connectivity index (χ0v) is 11.0. The molecule has 4 N–H and O–H groups in total. The third-order valence-electron chi connectivity index (χ3n) is 3.72. The van der Waals surface area contributed by atoms with Crippen LogP contribution in [0.4, 0.5) is 0 Å². The molecule has 2 unspecified atom stereocenters. The van der Waals surface area contributed by atoms with Gasteiger partial charge in [0.15, 0.2) is 0 Å². The monoisotopic (exact) mass is 264 g/mol. The molecule has 0 aromatic heterocycles. The highest BCUT2D eigenvalue weighted by Crippen LogP contribution is 2.26. The first kappa shape index (κ1) is 13.7. The number of carbonyl (C=O) groups excluding carboxylic acids is 1. The fourth-order valence-electron chi connectivity index (χ4n) is 2.54. The van der Waals surface area contributed by atoms with Crippen molar-refractivity contribution in [2.24, 2.45) is 11.7 Å². The first-order valence-electron chi connectivity index (χ1n) is 6.55. The highest BCUT2D eigenvalue weighted by molar-refractivity contribution is 5.95. The quantitative estimate of drug-likeness (QED) is 0.751. The normalized spacial score (nSPS) is 23.4. The Hall–Kier alpha value is -1.75. The van der Waals surface area contributed by atoms with E-state index in [0.29, 0.717) is 24.6 Å². The topological polar surface area (TPSA) is 86.8 Å². The van der Waals surface area contributed by atoms with E-state index >= 15 is 0 Å². The van der Waals surface area contributed by atoms with E-state index in [1.165, 1.54) is 18.2 Å². The number of likely N-dealkylation sites (tertiary alicyclic amines) is 1. The second-order valence-electron chi connectivity index (χ2n) is 5.22. The van der Waals surface area contributed by atoms with Crippen LogP contribution in [0.2, 0.25) is 0 Å². The summed E-state index contributed by atoms with van der Waals surface area (Å²) in [4.78, 5) is 14.2. The van der Waals surface area contributed by atoms with Crippen molar-refractivity contribution in [3.05, 3.63) is 23.8 Å². The van der Waals surface area contributed by atoms with Gasteiger partial charge in [-0.05, 0) is 44.4 Å². The number of carbonyl (C=O) groups is 1. The van der Waals surface area contributed by atoms with Crippen molar-refractivity contribution in [1.29, 1.82) is 0 Å². The van der Waals surface area contributed by atoms with Gasteiger partial charge in [-0.15, -0.1) is 0 Å². The van der Waals surface area contributed by atoms with Crippen LogP contribution < -0.4 is 5.73 Å². The summed E-state index contributed by atoms with van der Waals surface area (Å²) in [6, 6.07) is 4.11. The van der Waals surface area contributed by atoms with Crippen LogP contribution in [0.25, 0.3) is 0 Å². The Morgan fingerprint density at radius 3 is 2.53 bits per heavy atom. The van der Waals surface area contributed by atoms with E-state index in [1.54, 1.807) is 4.90 Å². The maximum Gasteiger partial charge on any atom is 0.254 e. The van der Waals surface area contributed by atoms with Gasteiger partial charge in [-0.25, -0.2) is 0 Å². The number of nitrogens with zero attached hydrogens (tertiary/aromatic N) is 1. The van der Waals surface area contributed by atoms with Crippen molar-refractivity contribution >= 4 is 5.91 Å². The molecular formula is C14H20N2O3. The molecule has 0 bridgehead atoms. The van der Waals surface area contributed by atoms with E-state index < -0.39 is 0 Å². The molecule has 0 saturated carbocycles.